The summed E-state index contributed by atoms with van der Waals surface area (Å²) in [6.45, 7) is 3.86. The third-order valence-corrected chi connectivity index (χ3v) is 4.26. The monoisotopic (exact) mass is 351 g/mol. The second-order valence-electron chi connectivity index (χ2n) is 5.85. The number of aryl methyl sites for hydroxylation is 1. The molecule has 0 spiro atoms. The number of hydrogen-bond acceptors (Lipinski definition) is 5. The van der Waals surface area contributed by atoms with Gasteiger partial charge >= 0.3 is 0 Å². The molecule has 0 fully saturated rings. The first-order valence-electron chi connectivity index (χ1n) is 8.12. The lowest BCUT2D eigenvalue weighted by molar-refractivity contribution is -0.384. The standard InChI is InChI=1S/C19H17N3O4/c1-3-21-18(23)16(13-8-10-14(11-9-13)22(25)26)17(19(21)24)20-15-7-5-4-6-12(15)2/h4-11,20H,3H2,1-2H3. The van der Waals surface area contributed by atoms with Gasteiger partial charge in [-0.2, -0.15) is 0 Å². The van der Waals surface area contributed by atoms with Crippen molar-refractivity contribution in [1.29, 1.82) is 0 Å². The van der Waals surface area contributed by atoms with Crippen LogP contribution in [-0.4, -0.2) is 28.2 Å². The van der Waals surface area contributed by atoms with E-state index in [1.807, 2.05) is 31.2 Å². The Morgan fingerprint density at radius 2 is 1.69 bits per heavy atom. The molecule has 0 aromatic heterocycles. The quantitative estimate of drug-likeness (QED) is 0.507. The van der Waals surface area contributed by atoms with Crippen molar-refractivity contribution in [1.82, 2.24) is 4.90 Å². The summed E-state index contributed by atoms with van der Waals surface area (Å²) in [5.41, 5.74) is 2.43. The van der Waals surface area contributed by atoms with Crippen molar-refractivity contribution >= 4 is 28.8 Å². The molecular formula is C19H17N3O4. The summed E-state index contributed by atoms with van der Waals surface area (Å²) in [7, 11) is 0. The molecule has 0 saturated carbocycles. The molecule has 1 heterocycles. The van der Waals surface area contributed by atoms with Gasteiger partial charge in [0, 0.05) is 24.4 Å². The Hall–Kier alpha value is -3.48. The summed E-state index contributed by atoms with van der Waals surface area (Å²) in [4.78, 5) is 36.9. The summed E-state index contributed by atoms with van der Waals surface area (Å²) in [5.74, 6) is -0.823. The van der Waals surface area contributed by atoms with Gasteiger partial charge in [0.25, 0.3) is 17.5 Å². The van der Waals surface area contributed by atoms with Crippen molar-refractivity contribution in [2.45, 2.75) is 13.8 Å². The number of hydrogen-bond donors (Lipinski definition) is 1. The molecule has 0 aliphatic carbocycles. The van der Waals surface area contributed by atoms with E-state index in [-0.39, 0.29) is 23.5 Å². The van der Waals surface area contributed by atoms with Gasteiger partial charge in [-0.3, -0.25) is 24.6 Å². The van der Waals surface area contributed by atoms with Crippen LogP contribution >= 0.6 is 0 Å². The molecule has 1 aliphatic heterocycles. The number of nitrogens with one attached hydrogen (secondary N) is 1. The van der Waals surface area contributed by atoms with Crippen LogP contribution in [0.25, 0.3) is 5.57 Å². The molecule has 1 aliphatic rings. The van der Waals surface area contributed by atoms with Crippen molar-refractivity contribution in [2.24, 2.45) is 0 Å². The van der Waals surface area contributed by atoms with Crippen LogP contribution in [0.15, 0.2) is 54.2 Å². The summed E-state index contributed by atoms with van der Waals surface area (Å²) >= 11 is 0. The highest BCUT2D eigenvalue weighted by Gasteiger charge is 2.38. The van der Waals surface area contributed by atoms with Crippen molar-refractivity contribution in [3.63, 3.8) is 0 Å². The Morgan fingerprint density at radius 3 is 2.27 bits per heavy atom. The van der Waals surface area contributed by atoms with Gasteiger partial charge in [0.05, 0.1) is 10.5 Å². The van der Waals surface area contributed by atoms with Crippen molar-refractivity contribution < 1.29 is 14.5 Å². The highest BCUT2D eigenvalue weighted by Crippen LogP contribution is 2.31. The molecule has 132 valence electrons. The average Bonchev–Trinajstić information content (AvgIpc) is 2.86. The zero-order valence-electron chi connectivity index (χ0n) is 14.4. The second-order valence-corrected chi connectivity index (χ2v) is 5.85. The van der Waals surface area contributed by atoms with Crippen LogP contribution in [-0.2, 0) is 9.59 Å². The molecule has 3 rings (SSSR count). The molecule has 0 unspecified atom stereocenters. The Morgan fingerprint density at radius 1 is 1.04 bits per heavy atom. The van der Waals surface area contributed by atoms with Crippen molar-refractivity contribution in [3.8, 4) is 0 Å². The number of nitrogens with zero attached hydrogens (tertiary/aromatic N) is 2. The maximum Gasteiger partial charge on any atom is 0.278 e. The van der Waals surface area contributed by atoms with E-state index in [0.717, 1.165) is 16.2 Å². The molecule has 2 aromatic rings. The van der Waals surface area contributed by atoms with Crippen LogP contribution in [0.1, 0.15) is 18.1 Å². The maximum absolute atomic E-state index is 12.7. The number of carbonyl (C=O) groups is 2. The number of rotatable bonds is 5. The predicted molar refractivity (Wildman–Crippen MR) is 97.2 cm³/mol. The van der Waals surface area contributed by atoms with E-state index in [0.29, 0.717) is 5.56 Å². The van der Waals surface area contributed by atoms with Gasteiger partial charge in [0.2, 0.25) is 0 Å². The average molecular weight is 351 g/mol. The lowest BCUT2D eigenvalue weighted by Gasteiger charge is -2.12. The van der Waals surface area contributed by atoms with Crippen molar-refractivity contribution in [3.05, 3.63) is 75.5 Å². The number of imide groups is 1. The van der Waals surface area contributed by atoms with Crippen LogP contribution < -0.4 is 5.32 Å². The van der Waals surface area contributed by atoms with Crippen LogP contribution in [0.5, 0.6) is 0 Å². The number of benzene rings is 2. The molecule has 26 heavy (non-hydrogen) atoms. The molecule has 0 saturated heterocycles. The lowest BCUT2D eigenvalue weighted by atomic mass is 10.0. The van der Waals surface area contributed by atoms with Gasteiger partial charge in [0.15, 0.2) is 0 Å². The van der Waals surface area contributed by atoms with Crippen LogP contribution in [0.2, 0.25) is 0 Å². The molecule has 7 nitrogen and oxygen atoms in total. The van der Waals surface area contributed by atoms with Crippen molar-refractivity contribution in [2.75, 3.05) is 11.9 Å². The minimum absolute atomic E-state index is 0.0770. The Bertz CT molecular complexity index is 932. The highest BCUT2D eigenvalue weighted by molar-refractivity contribution is 6.36. The van der Waals surface area contributed by atoms with E-state index in [2.05, 4.69) is 5.32 Å². The Kier molecular flexibility index (Phi) is 4.53. The summed E-state index contributed by atoms with van der Waals surface area (Å²) < 4.78 is 0. The number of para-hydroxylation sites is 1. The molecule has 2 aromatic carbocycles. The lowest BCUT2D eigenvalue weighted by Crippen LogP contribution is -2.32. The molecule has 0 bridgehead atoms. The van der Waals surface area contributed by atoms with Gasteiger partial charge in [-0.1, -0.05) is 18.2 Å². The number of anilines is 1. The number of likely N-dealkylation sites (N-methyl/N-ethyl adjacent to an activating group) is 1. The first-order chi connectivity index (χ1) is 12.4. The number of amides is 2. The van der Waals surface area contributed by atoms with Gasteiger partial charge in [-0.05, 0) is 43.2 Å². The van der Waals surface area contributed by atoms with E-state index in [4.69, 9.17) is 0 Å². The van der Waals surface area contributed by atoms with Crippen LogP contribution in [0.4, 0.5) is 11.4 Å². The minimum atomic E-state index is -0.509. The number of nitro benzene ring substituents is 1. The van der Waals surface area contributed by atoms with E-state index in [1.165, 1.54) is 24.3 Å². The SMILES string of the molecule is CCN1C(=O)C(Nc2ccccc2C)=C(c2ccc([N+](=O)[O-])cc2)C1=O. The molecule has 0 radical (unpaired) electrons. The number of carbonyl (C=O) groups excluding carboxylic acids is 2. The summed E-state index contributed by atoms with van der Waals surface area (Å²) in [5, 5.41) is 13.9. The maximum atomic E-state index is 12.7. The largest absolute Gasteiger partial charge is 0.350 e. The zero-order chi connectivity index (χ0) is 18.8. The Labute approximate surface area is 150 Å². The third kappa shape index (κ3) is 2.95. The Balaban J connectivity index is 2.09. The van der Waals surface area contributed by atoms with Gasteiger partial charge in [0.1, 0.15) is 5.70 Å². The number of non-ortho nitro benzene ring substituents is 1. The third-order valence-electron chi connectivity index (χ3n) is 4.26. The van der Waals surface area contributed by atoms with E-state index in [1.54, 1.807) is 6.92 Å². The normalized spacial score (nSPS) is 14.2. The van der Waals surface area contributed by atoms with Gasteiger partial charge in [-0.25, -0.2) is 0 Å². The fourth-order valence-corrected chi connectivity index (χ4v) is 2.84. The minimum Gasteiger partial charge on any atom is -0.350 e. The van der Waals surface area contributed by atoms with E-state index >= 15 is 0 Å². The fraction of sp³-hybridized carbons (Fsp3) is 0.158. The highest BCUT2D eigenvalue weighted by atomic mass is 16.6. The summed E-state index contributed by atoms with van der Waals surface area (Å²) in [6, 6.07) is 13.0. The molecule has 1 N–H and O–H groups in total. The van der Waals surface area contributed by atoms with E-state index in [9.17, 15) is 19.7 Å². The number of nitro groups is 1. The van der Waals surface area contributed by atoms with E-state index < -0.39 is 16.7 Å². The summed E-state index contributed by atoms with van der Waals surface area (Å²) in [6.07, 6.45) is 0. The second kappa shape index (κ2) is 6.79. The van der Waals surface area contributed by atoms with Gasteiger partial charge in [-0.15, -0.1) is 0 Å². The first kappa shape index (κ1) is 17.3. The molecule has 0 atom stereocenters. The van der Waals surface area contributed by atoms with Crippen LogP contribution in [0, 0.1) is 17.0 Å². The van der Waals surface area contributed by atoms with Gasteiger partial charge < -0.3 is 5.32 Å². The molecule has 2 amide bonds. The molecule has 7 heteroatoms. The smallest absolute Gasteiger partial charge is 0.278 e. The topological polar surface area (TPSA) is 92.6 Å². The zero-order valence-corrected chi connectivity index (χ0v) is 14.4. The first-order valence-corrected chi connectivity index (χ1v) is 8.12. The predicted octanol–water partition coefficient (Wildman–Crippen LogP) is 3.12. The fourth-order valence-electron chi connectivity index (χ4n) is 2.84. The van der Waals surface area contributed by atoms with Crippen LogP contribution in [0.3, 0.4) is 0 Å². The molecular weight excluding hydrogens is 334 g/mol.